The number of hydrogen-bond acceptors (Lipinski definition) is 3. The van der Waals surface area contributed by atoms with Gasteiger partial charge in [-0.2, -0.15) is 0 Å². The second kappa shape index (κ2) is 19.6. The van der Waals surface area contributed by atoms with E-state index >= 15 is 0 Å². The maximum Gasteiger partial charge on any atom is 0.269 e. The highest BCUT2D eigenvalue weighted by molar-refractivity contribution is 5.70. The Balaban J connectivity index is 1.42. The Labute approximate surface area is 219 Å². The van der Waals surface area contributed by atoms with E-state index in [-0.39, 0.29) is 10.6 Å². The van der Waals surface area contributed by atoms with E-state index in [1.165, 1.54) is 115 Å². The zero-order chi connectivity index (χ0) is 25.7. The van der Waals surface area contributed by atoms with Crippen LogP contribution in [0.15, 0.2) is 48.5 Å². The molecule has 0 unspecified atom stereocenters. The van der Waals surface area contributed by atoms with Crippen LogP contribution >= 0.6 is 0 Å². The van der Waals surface area contributed by atoms with E-state index in [9.17, 15) is 10.1 Å². The van der Waals surface area contributed by atoms with Crippen LogP contribution in [0.5, 0.6) is 0 Å². The topological polar surface area (TPSA) is 55.2 Å². The fourth-order valence-corrected chi connectivity index (χ4v) is 4.52. The maximum absolute atomic E-state index is 10.7. The molecule has 0 saturated carbocycles. The molecule has 2 rings (SSSR count). The first-order valence-corrected chi connectivity index (χ1v) is 14.5. The van der Waals surface area contributed by atoms with Crippen LogP contribution in [0.1, 0.15) is 121 Å². The molecule has 4 nitrogen and oxygen atoms in total. The van der Waals surface area contributed by atoms with Crippen LogP contribution in [0.4, 0.5) is 11.4 Å². The minimum absolute atomic E-state index is 0.118. The summed E-state index contributed by atoms with van der Waals surface area (Å²) in [7, 11) is 0. The monoisotopic (exact) mass is 492 g/mol. The first-order valence-electron chi connectivity index (χ1n) is 14.5. The second-order valence-electron chi connectivity index (χ2n) is 10.0. The molecule has 1 N–H and O–H groups in total. The normalized spacial score (nSPS) is 11.2. The van der Waals surface area contributed by atoms with Crippen LogP contribution in [0.3, 0.4) is 0 Å². The Kier molecular flexibility index (Phi) is 16.1. The molecule has 0 fully saturated rings. The minimum atomic E-state index is -0.376. The van der Waals surface area contributed by atoms with Crippen molar-refractivity contribution in [1.82, 2.24) is 0 Å². The smallest absolute Gasteiger partial charge is 0.269 e. The number of nitrogens with zero attached hydrogens (tertiary/aromatic N) is 1. The summed E-state index contributed by atoms with van der Waals surface area (Å²) in [6.45, 7) is 3.31. The molecule has 0 aliphatic carbocycles. The zero-order valence-corrected chi connectivity index (χ0v) is 22.6. The van der Waals surface area contributed by atoms with Crippen molar-refractivity contribution in [2.75, 3.05) is 11.9 Å². The lowest BCUT2D eigenvalue weighted by Gasteiger charge is -2.07. The lowest BCUT2D eigenvalue weighted by molar-refractivity contribution is -0.384. The third-order valence-corrected chi connectivity index (χ3v) is 6.84. The van der Waals surface area contributed by atoms with Crippen molar-refractivity contribution in [2.24, 2.45) is 0 Å². The van der Waals surface area contributed by atoms with Gasteiger partial charge in [0.15, 0.2) is 0 Å². The van der Waals surface area contributed by atoms with Crippen LogP contribution in [-0.2, 0) is 0 Å². The molecule has 0 spiro atoms. The van der Waals surface area contributed by atoms with E-state index < -0.39 is 0 Å². The van der Waals surface area contributed by atoms with Gasteiger partial charge in [0.25, 0.3) is 5.69 Å². The van der Waals surface area contributed by atoms with E-state index in [1.54, 1.807) is 12.1 Å². The van der Waals surface area contributed by atoms with Crippen molar-refractivity contribution in [3.8, 4) is 0 Å². The van der Waals surface area contributed by atoms with Crippen molar-refractivity contribution < 1.29 is 4.92 Å². The lowest BCUT2D eigenvalue weighted by Crippen LogP contribution is -2.01. The number of hydrogen-bond donors (Lipinski definition) is 1. The van der Waals surface area contributed by atoms with Gasteiger partial charge in [-0.05, 0) is 41.8 Å². The summed E-state index contributed by atoms with van der Waals surface area (Å²) in [5, 5.41) is 14.3. The largest absolute Gasteiger partial charge is 0.385 e. The number of unbranched alkanes of at least 4 members (excludes halogenated alkanes) is 15. The van der Waals surface area contributed by atoms with Crippen LogP contribution in [-0.4, -0.2) is 11.5 Å². The van der Waals surface area contributed by atoms with Crippen LogP contribution in [0, 0.1) is 10.1 Å². The highest BCUT2D eigenvalue weighted by atomic mass is 16.6. The highest BCUT2D eigenvalue weighted by Gasteiger charge is 2.02. The van der Waals surface area contributed by atoms with E-state index in [0.29, 0.717) is 0 Å². The Bertz CT molecular complexity index is 843. The van der Waals surface area contributed by atoms with Crippen molar-refractivity contribution >= 4 is 23.5 Å². The summed E-state index contributed by atoms with van der Waals surface area (Å²) in [5.41, 5.74) is 3.34. The number of non-ortho nitro benzene ring substituents is 1. The highest BCUT2D eigenvalue weighted by Crippen LogP contribution is 2.17. The molecule has 0 aliphatic heterocycles. The van der Waals surface area contributed by atoms with Gasteiger partial charge in [-0.15, -0.1) is 0 Å². The molecule has 36 heavy (non-hydrogen) atoms. The molecule has 0 saturated heterocycles. The predicted octanol–water partition coefficient (Wildman–Crippen LogP) is 10.4. The lowest BCUT2D eigenvalue weighted by atomic mass is 10.0. The number of nitrogens with one attached hydrogen (secondary N) is 1. The molecule has 0 aliphatic rings. The summed E-state index contributed by atoms with van der Waals surface area (Å²) >= 11 is 0. The molecule has 0 atom stereocenters. The zero-order valence-electron chi connectivity index (χ0n) is 22.6. The molecule has 198 valence electrons. The van der Waals surface area contributed by atoms with Crippen molar-refractivity contribution in [2.45, 2.75) is 110 Å². The van der Waals surface area contributed by atoms with Crippen LogP contribution in [0.25, 0.3) is 12.2 Å². The van der Waals surface area contributed by atoms with Gasteiger partial charge in [0, 0.05) is 24.4 Å². The quantitative estimate of drug-likeness (QED) is 0.0816. The van der Waals surface area contributed by atoms with E-state index in [4.69, 9.17) is 0 Å². The third kappa shape index (κ3) is 14.1. The van der Waals surface area contributed by atoms with Crippen LogP contribution in [0.2, 0.25) is 0 Å². The SMILES string of the molecule is CCCCCCCCCCCCCCCCCCNc1ccc(C=Cc2ccc([N+](=O)[O-])cc2)cc1. The third-order valence-electron chi connectivity index (χ3n) is 6.84. The Morgan fingerprint density at radius 3 is 1.42 bits per heavy atom. The van der Waals surface area contributed by atoms with Gasteiger partial charge in [0.05, 0.1) is 4.92 Å². The van der Waals surface area contributed by atoms with Gasteiger partial charge in [-0.3, -0.25) is 10.1 Å². The minimum Gasteiger partial charge on any atom is -0.385 e. The van der Waals surface area contributed by atoms with Crippen LogP contribution < -0.4 is 5.32 Å². The summed E-state index contributed by atoms with van der Waals surface area (Å²) in [6, 6.07) is 15.0. The number of benzene rings is 2. The molecule has 0 bridgehead atoms. The van der Waals surface area contributed by atoms with Gasteiger partial charge in [0.1, 0.15) is 0 Å². The van der Waals surface area contributed by atoms with E-state index in [0.717, 1.165) is 23.4 Å². The Morgan fingerprint density at radius 2 is 1.00 bits per heavy atom. The first-order chi connectivity index (χ1) is 17.7. The standard InChI is InChI=1S/C32H48N2O2/c1-2-3-4-5-6-7-8-9-10-11-12-13-14-15-16-17-28-33-31-24-20-29(21-25-31)18-19-30-22-26-32(27-23-30)34(35)36/h18-27,33H,2-17,28H2,1H3. The molecule has 2 aromatic rings. The van der Waals surface area contributed by atoms with Gasteiger partial charge < -0.3 is 5.32 Å². The van der Waals surface area contributed by atoms with Gasteiger partial charge >= 0.3 is 0 Å². The van der Waals surface area contributed by atoms with E-state index in [1.807, 2.05) is 12.2 Å². The summed E-state index contributed by atoms with van der Waals surface area (Å²) in [5.74, 6) is 0. The molecule has 0 radical (unpaired) electrons. The average molecular weight is 493 g/mol. The number of nitro benzene ring substituents is 1. The molecular formula is C32H48N2O2. The van der Waals surface area contributed by atoms with Gasteiger partial charge in [-0.25, -0.2) is 0 Å². The second-order valence-corrected chi connectivity index (χ2v) is 10.0. The average Bonchev–Trinajstić information content (AvgIpc) is 2.90. The van der Waals surface area contributed by atoms with E-state index in [2.05, 4.69) is 36.5 Å². The van der Waals surface area contributed by atoms with Crippen molar-refractivity contribution in [3.63, 3.8) is 0 Å². The number of nitro groups is 1. The molecular weight excluding hydrogens is 444 g/mol. The van der Waals surface area contributed by atoms with Crippen molar-refractivity contribution in [3.05, 3.63) is 69.8 Å². The fourth-order valence-electron chi connectivity index (χ4n) is 4.52. The molecule has 0 aromatic heterocycles. The number of anilines is 1. The molecule has 4 heteroatoms. The fraction of sp³-hybridized carbons (Fsp3) is 0.562. The predicted molar refractivity (Wildman–Crippen MR) is 157 cm³/mol. The molecule has 0 heterocycles. The Hall–Kier alpha value is -2.62. The molecule has 0 amide bonds. The Morgan fingerprint density at radius 1 is 0.611 bits per heavy atom. The molecule has 2 aromatic carbocycles. The maximum atomic E-state index is 10.7. The summed E-state index contributed by atoms with van der Waals surface area (Å²) < 4.78 is 0. The van der Waals surface area contributed by atoms with Gasteiger partial charge in [0.2, 0.25) is 0 Å². The number of rotatable bonds is 21. The summed E-state index contributed by atoms with van der Waals surface area (Å²) in [4.78, 5) is 10.4. The van der Waals surface area contributed by atoms with Gasteiger partial charge in [-0.1, -0.05) is 128 Å². The van der Waals surface area contributed by atoms with Crippen molar-refractivity contribution in [1.29, 1.82) is 0 Å². The first kappa shape index (κ1) is 29.6. The summed E-state index contributed by atoms with van der Waals surface area (Å²) in [6.07, 6.45) is 26.4.